The van der Waals surface area contributed by atoms with Gasteiger partial charge in [-0.2, -0.15) is 0 Å². The molecule has 1 atom stereocenters. The summed E-state index contributed by atoms with van der Waals surface area (Å²) in [6.07, 6.45) is 0. The molecular formula is C17H13ClN2O2. The summed E-state index contributed by atoms with van der Waals surface area (Å²) in [6, 6.07) is 12.6. The molecule has 0 radical (unpaired) electrons. The standard InChI is InChI=1S/C17H13ClN2O2/c1-9-15(11-4-2-3-5-13(11)19-9)17(22)12-8-10(18)6-7-14(12)20-16(17)21/h2-8,19,22H,1H3,(H,20,21)/t17-/m1/s1. The lowest BCUT2D eigenvalue weighted by atomic mass is 9.85. The molecule has 1 amide bonds. The highest BCUT2D eigenvalue weighted by atomic mass is 35.5. The van der Waals surface area contributed by atoms with Crippen LogP contribution in [-0.2, 0) is 10.4 Å². The van der Waals surface area contributed by atoms with Gasteiger partial charge in [-0.3, -0.25) is 4.79 Å². The van der Waals surface area contributed by atoms with Crippen molar-refractivity contribution in [2.75, 3.05) is 5.32 Å². The van der Waals surface area contributed by atoms with Crippen molar-refractivity contribution in [2.24, 2.45) is 0 Å². The van der Waals surface area contributed by atoms with Gasteiger partial charge in [-0.15, -0.1) is 0 Å². The number of anilines is 1. The maximum Gasteiger partial charge on any atom is 0.265 e. The van der Waals surface area contributed by atoms with Gasteiger partial charge < -0.3 is 15.4 Å². The van der Waals surface area contributed by atoms with Crippen LogP contribution in [0.5, 0.6) is 0 Å². The predicted octanol–water partition coefficient (Wildman–Crippen LogP) is 3.32. The van der Waals surface area contributed by atoms with Crippen molar-refractivity contribution in [3.05, 3.63) is 64.3 Å². The van der Waals surface area contributed by atoms with Crippen LogP contribution in [0.15, 0.2) is 42.5 Å². The van der Waals surface area contributed by atoms with E-state index in [1.165, 1.54) is 0 Å². The number of nitrogens with one attached hydrogen (secondary N) is 2. The van der Waals surface area contributed by atoms with Gasteiger partial charge in [0, 0.05) is 38.4 Å². The van der Waals surface area contributed by atoms with E-state index >= 15 is 0 Å². The lowest BCUT2D eigenvalue weighted by Gasteiger charge is -2.22. The van der Waals surface area contributed by atoms with E-state index in [9.17, 15) is 9.90 Å². The molecule has 0 spiro atoms. The Morgan fingerprint density at radius 2 is 1.95 bits per heavy atom. The number of carbonyl (C=O) groups is 1. The van der Waals surface area contributed by atoms with E-state index in [1.54, 1.807) is 18.2 Å². The van der Waals surface area contributed by atoms with Crippen LogP contribution in [0.1, 0.15) is 16.8 Å². The number of halogens is 1. The minimum Gasteiger partial charge on any atom is -0.372 e. The van der Waals surface area contributed by atoms with E-state index in [1.807, 2.05) is 31.2 Å². The second-order valence-corrected chi connectivity index (χ2v) is 5.96. The molecule has 110 valence electrons. The highest BCUT2D eigenvalue weighted by Gasteiger charge is 2.49. The summed E-state index contributed by atoms with van der Waals surface area (Å²) in [6.45, 7) is 1.85. The molecule has 5 heteroatoms. The van der Waals surface area contributed by atoms with Crippen molar-refractivity contribution in [3.63, 3.8) is 0 Å². The summed E-state index contributed by atoms with van der Waals surface area (Å²) in [5.74, 6) is -0.461. The number of carbonyl (C=O) groups excluding carboxylic acids is 1. The van der Waals surface area contributed by atoms with Crippen LogP contribution in [-0.4, -0.2) is 16.0 Å². The largest absolute Gasteiger partial charge is 0.372 e. The number of aromatic nitrogens is 1. The van der Waals surface area contributed by atoms with Gasteiger partial charge in [0.1, 0.15) is 0 Å². The van der Waals surface area contributed by atoms with Gasteiger partial charge in [-0.25, -0.2) is 0 Å². The third-order valence-electron chi connectivity index (χ3n) is 4.20. The molecule has 1 aliphatic heterocycles. The molecule has 3 aromatic rings. The van der Waals surface area contributed by atoms with Gasteiger partial charge in [0.15, 0.2) is 5.60 Å². The topological polar surface area (TPSA) is 65.1 Å². The molecule has 0 aliphatic carbocycles. The average molecular weight is 313 g/mol. The van der Waals surface area contributed by atoms with E-state index in [0.717, 1.165) is 16.6 Å². The molecule has 4 nitrogen and oxygen atoms in total. The Morgan fingerprint density at radius 1 is 1.18 bits per heavy atom. The number of amides is 1. The van der Waals surface area contributed by atoms with Crippen LogP contribution < -0.4 is 5.32 Å². The number of hydrogen-bond donors (Lipinski definition) is 3. The van der Waals surface area contributed by atoms with Gasteiger partial charge in [0.2, 0.25) is 0 Å². The van der Waals surface area contributed by atoms with Gasteiger partial charge in [0.25, 0.3) is 5.91 Å². The highest BCUT2D eigenvalue weighted by molar-refractivity contribution is 6.31. The fraction of sp³-hybridized carbons (Fsp3) is 0.118. The zero-order valence-electron chi connectivity index (χ0n) is 11.8. The maximum atomic E-state index is 12.5. The smallest absolute Gasteiger partial charge is 0.265 e. The summed E-state index contributed by atoms with van der Waals surface area (Å²) < 4.78 is 0. The van der Waals surface area contributed by atoms with Crippen LogP contribution in [0, 0.1) is 6.92 Å². The molecule has 0 saturated carbocycles. The van der Waals surface area contributed by atoms with Gasteiger partial charge >= 0.3 is 0 Å². The molecule has 0 bridgehead atoms. The quantitative estimate of drug-likeness (QED) is 0.645. The normalized spacial score (nSPS) is 20.2. The van der Waals surface area contributed by atoms with Crippen molar-refractivity contribution in [3.8, 4) is 0 Å². The van der Waals surface area contributed by atoms with Crippen molar-refractivity contribution in [1.82, 2.24) is 4.98 Å². The minimum atomic E-state index is -1.75. The number of hydrogen-bond acceptors (Lipinski definition) is 2. The monoisotopic (exact) mass is 312 g/mol. The molecule has 2 heterocycles. The summed E-state index contributed by atoms with van der Waals surface area (Å²) >= 11 is 6.06. The summed E-state index contributed by atoms with van der Waals surface area (Å²) in [7, 11) is 0. The highest BCUT2D eigenvalue weighted by Crippen LogP contribution is 2.45. The number of para-hydroxylation sites is 1. The number of aliphatic hydroxyl groups is 1. The van der Waals surface area contributed by atoms with Crippen LogP contribution >= 0.6 is 11.6 Å². The second-order valence-electron chi connectivity index (χ2n) is 5.53. The Balaban J connectivity index is 2.08. The fourth-order valence-corrected chi connectivity index (χ4v) is 3.42. The molecule has 4 rings (SSSR count). The SMILES string of the molecule is Cc1[nH]c2ccccc2c1[C@@]1(O)C(=O)Nc2ccc(Cl)cc21. The Labute approximate surface area is 131 Å². The molecule has 0 unspecified atom stereocenters. The average Bonchev–Trinajstić information content (AvgIpc) is 2.95. The Morgan fingerprint density at radius 3 is 2.77 bits per heavy atom. The van der Waals surface area contributed by atoms with Crippen molar-refractivity contribution >= 4 is 34.1 Å². The van der Waals surface area contributed by atoms with Crippen molar-refractivity contribution in [1.29, 1.82) is 0 Å². The minimum absolute atomic E-state index is 0.461. The summed E-state index contributed by atoms with van der Waals surface area (Å²) in [4.78, 5) is 15.8. The van der Waals surface area contributed by atoms with Crippen molar-refractivity contribution < 1.29 is 9.90 Å². The first-order valence-electron chi connectivity index (χ1n) is 6.93. The van der Waals surface area contributed by atoms with Gasteiger partial charge in [-0.05, 0) is 31.2 Å². The summed E-state index contributed by atoms with van der Waals surface area (Å²) in [5.41, 5.74) is 1.53. The number of fused-ring (bicyclic) bond motifs is 2. The first-order chi connectivity index (χ1) is 10.5. The van der Waals surface area contributed by atoms with E-state index in [2.05, 4.69) is 10.3 Å². The summed E-state index contributed by atoms with van der Waals surface area (Å²) in [5, 5.41) is 15.3. The lowest BCUT2D eigenvalue weighted by Crippen LogP contribution is -2.35. The predicted molar refractivity (Wildman–Crippen MR) is 86.1 cm³/mol. The fourth-order valence-electron chi connectivity index (χ4n) is 3.25. The van der Waals surface area contributed by atoms with Crippen LogP contribution in [0.4, 0.5) is 5.69 Å². The third-order valence-corrected chi connectivity index (χ3v) is 4.44. The number of H-pyrrole nitrogens is 1. The zero-order valence-corrected chi connectivity index (χ0v) is 12.5. The number of aromatic amines is 1. The Bertz CT molecular complexity index is 932. The van der Waals surface area contributed by atoms with Crippen LogP contribution in [0.2, 0.25) is 5.02 Å². The zero-order chi connectivity index (χ0) is 15.5. The number of aryl methyl sites for hydroxylation is 1. The van der Waals surface area contributed by atoms with E-state index in [-0.39, 0.29) is 0 Å². The molecular weight excluding hydrogens is 300 g/mol. The maximum absolute atomic E-state index is 12.5. The Hall–Kier alpha value is -2.30. The Kier molecular flexibility index (Phi) is 2.64. The molecule has 22 heavy (non-hydrogen) atoms. The molecule has 1 aromatic heterocycles. The molecule has 3 N–H and O–H groups in total. The first kappa shape index (κ1) is 13.4. The lowest BCUT2D eigenvalue weighted by molar-refractivity contribution is -0.129. The second kappa shape index (κ2) is 4.35. The van der Waals surface area contributed by atoms with E-state index in [4.69, 9.17) is 11.6 Å². The van der Waals surface area contributed by atoms with E-state index in [0.29, 0.717) is 21.8 Å². The van der Waals surface area contributed by atoms with Crippen molar-refractivity contribution in [2.45, 2.75) is 12.5 Å². The van der Waals surface area contributed by atoms with Crippen LogP contribution in [0.25, 0.3) is 10.9 Å². The molecule has 0 saturated heterocycles. The third kappa shape index (κ3) is 1.59. The molecule has 0 fully saturated rings. The van der Waals surface area contributed by atoms with Gasteiger partial charge in [-0.1, -0.05) is 29.8 Å². The number of benzene rings is 2. The van der Waals surface area contributed by atoms with Crippen LogP contribution in [0.3, 0.4) is 0 Å². The van der Waals surface area contributed by atoms with E-state index < -0.39 is 11.5 Å². The molecule has 1 aliphatic rings. The first-order valence-corrected chi connectivity index (χ1v) is 7.31. The number of rotatable bonds is 1. The van der Waals surface area contributed by atoms with Gasteiger partial charge in [0.05, 0.1) is 0 Å². The molecule has 2 aromatic carbocycles.